The standard InChI is InChI=1S/C11H21NO2/c1-3-9(2)6-10(14)12-7-11(8-13)4-5-11/h9,13H,3-8H2,1-2H3,(H,12,14). The number of aliphatic hydroxyl groups excluding tert-OH is 1. The number of aliphatic hydroxyl groups is 1. The number of carbonyl (C=O) groups is 1. The Morgan fingerprint density at radius 1 is 1.57 bits per heavy atom. The van der Waals surface area contributed by atoms with Crippen molar-refractivity contribution >= 4 is 5.91 Å². The van der Waals surface area contributed by atoms with E-state index in [9.17, 15) is 4.79 Å². The molecule has 0 heterocycles. The van der Waals surface area contributed by atoms with Crippen LogP contribution in [0.5, 0.6) is 0 Å². The largest absolute Gasteiger partial charge is 0.396 e. The highest BCUT2D eigenvalue weighted by Crippen LogP contribution is 2.44. The third-order valence-electron chi connectivity index (χ3n) is 3.18. The predicted molar refractivity (Wildman–Crippen MR) is 55.8 cm³/mol. The summed E-state index contributed by atoms with van der Waals surface area (Å²) in [5.41, 5.74) is 0.0328. The van der Waals surface area contributed by atoms with E-state index in [0.29, 0.717) is 18.9 Å². The Morgan fingerprint density at radius 2 is 2.21 bits per heavy atom. The van der Waals surface area contributed by atoms with Crippen LogP contribution in [0.15, 0.2) is 0 Å². The van der Waals surface area contributed by atoms with Crippen LogP contribution in [0.3, 0.4) is 0 Å². The van der Waals surface area contributed by atoms with Crippen LogP contribution >= 0.6 is 0 Å². The SMILES string of the molecule is CCC(C)CC(=O)NCC1(CO)CC1. The van der Waals surface area contributed by atoms with E-state index in [-0.39, 0.29) is 17.9 Å². The van der Waals surface area contributed by atoms with E-state index in [1.54, 1.807) is 0 Å². The smallest absolute Gasteiger partial charge is 0.220 e. The molecule has 0 spiro atoms. The lowest BCUT2D eigenvalue weighted by atomic mass is 10.0. The molecule has 1 atom stereocenters. The molecule has 0 aromatic carbocycles. The first kappa shape index (κ1) is 11.5. The number of rotatable bonds is 6. The van der Waals surface area contributed by atoms with Crippen molar-refractivity contribution in [1.29, 1.82) is 0 Å². The molecule has 1 amide bonds. The van der Waals surface area contributed by atoms with Gasteiger partial charge in [0, 0.05) is 18.4 Å². The number of carbonyl (C=O) groups excluding carboxylic acids is 1. The molecule has 0 radical (unpaired) electrons. The second-order valence-corrected chi connectivity index (χ2v) is 4.65. The average molecular weight is 199 g/mol. The third kappa shape index (κ3) is 3.29. The van der Waals surface area contributed by atoms with Gasteiger partial charge in [-0.15, -0.1) is 0 Å². The van der Waals surface area contributed by atoms with E-state index in [1.807, 2.05) is 0 Å². The van der Waals surface area contributed by atoms with Gasteiger partial charge in [-0.2, -0.15) is 0 Å². The molecule has 1 aliphatic carbocycles. The van der Waals surface area contributed by atoms with Gasteiger partial charge in [-0.25, -0.2) is 0 Å². The summed E-state index contributed by atoms with van der Waals surface area (Å²) in [4.78, 5) is 11.4. The van der Waals surface area contributed by atoms with Crippen LogP contribution < -0.4 is 5.32 Å². The molecular weight excluding hydrogens is 178 g/mol. The Morgan fingerprint density at radius 3 is 2.64 bits per heavy atom. The number of hydrogen-bond acceptors (Lipinski definition) is 2. The normalized spacial score (nSPS) is 20.2. The zero-order valence-electron chi connectivity index (χ0n) is 9.18. The van der Waals surface area contributed by atoms with Crippen LogP contribution in [0, 0.1) is 11.3 Å². The molecule has 1 aliphatic rings. The molecule has 1 fully saturated rings. The summed E-state index contributed by atoms with van der Waals surface area (Å²) in [5, 5.41) is 11.9. The average Bonchev–Trinajstić information content (AvgIpc) is 2.95. The van der Waals surface area contributed by atoms with Gasteiger partial charge < -0.3 is 10.4 Å². The van der Waals surface area contributed by atoms with Gasteiger partial charge in [-0.05, 0) is 18.8 Å². The molecular formula is C11H21NO2. The van der Waals surface area contributed by atoms with Crippen molar-refractivity contribution in [3.63, 3.8) is 0 Å². The highest BCUT2D eigenvalue weighted by molar-refractivity contribution is 5.76. The maximum atomic E-state index is 11.4. The molecule has 82 valence electrons. The first-order valence-electron chi connectivity index (χ1n) is 5.49. The van der Waals surface area contributed by atoms with Gasteiger partial charge in [0.15, 0.2) is 0 Å². The number of amides is 1. The fourth-order valence-corrected chi connectivity index (χ4v) is 1.39. The zero-order valence-corrected chi connectivity index (χ0v) is 9.18. The fraction of sp³-hybridized carbons (Fsp3) is 0.909. The van der Waals surface area contributed by atoms with Crippen LogP contribution in [0.25, 0.3) is 0 Å². The van der Waals surface area contributed by atoms with Gasteiger partial charge in [0.2, 0.25) is 5.91 Å². The second-order valence-electron chi connectivity index (χ2n) is 4.65. The molecule has 0 aliphatic heterocycles. The van der Waals surface area contributed by atoms with Crippen molar-refractivity contribution in [1.82, 2.24) is 5.32 Å². The Kier molecular flexibility index (Phi) is 3.93. The summed E-state index contributed by atoms with van der Waals surface area (Å²) in [5.74, 6) is 0.582. The Labute approximate surface area is 85.9 Å². The minimum atomic E-state index is 0.0328. The van der Waals surface area contributed by atoms with Crippen LogP contribution in [0.1, 0.15) is 39.5 Å². The predicted octanol–water partition coefficient (Wildman–Crippen LogP) is 1.31. The number of nitrogens with one attached hydrogen (secondary N) is 1. The van der Waals surface area contributed by atoms with Crippen LogP contribution in [-0.2, 0) is 4.79 Å². The summed E-state index contributed by atoms with van der Waals surface area (Å²) >= 11 is 0. The van der Waals surface area contributed by atoms with E-state index in [2.05, 4.69) is 19.2 Å². The zero-order chi connectivity index (χ0) is 10.6. The molecule has 1 saturated carbocycles. The molecule has 3 heteroatoms. The first-order chi connectivity index (χ1) is 6.62. The summed E-state index contributed by atoms with van der Waals surface area (Å²) in [6.45, 7) is 5.03. The Hall–Kier alpha value is -0.570. The second kappa shape index (κ2) is 4.78. The molecule has 3 nitrogen and oxygen atoms in total. The van der Waals surface area contributed by atoms with Crippen molar-refractivity contribution < 1.29 is 9.90 Å². The molecule has 0 bridgehead atoms. The van der Waals surface area contributed by atoms with Crippen molar-refractivity contribution in [3.8, 4) is 0 Å². The highest BCUT2D eigenvalue weighted by Gasteiger charge is 2.41. The molecule has 1 rings (SSSR count). The van der Waals surface area contributed by atoms with Gasteiger partial charge in [0.1, 0.15) is 0 Å². The summed E-state index contributed by atoms with van der Waals surface area (Å²) < 4.78 is 0. The van der Waals surface area contributed by atoms with E-state index in [1.165, 1.54) is 0 Å². The van der Waals surface area contributed by atoms with Gasteiger partial charge in [0.25, 0.3) is 0 Å². The van der Waals surface area contributed by atoms with Crippen molar-refractivity contribution in [3.05, 3.63) is 0 Å². The van der Waals surface area contributed by atoms with Crippen molar-refractivity contribution in [2.24, 2.45) is 11.3 Å². The first-order valence-corrected chi connectivity index (χ1v) is 5.49. The van der Waals surface area contributed by atoms with Crippen LogP contribution in [0.2, 0.25) is 0 Å². The highest BCUT2D eigenvalue weighted by atomic mass is 16.3. The minimum absolute atomic E-state index is 0.0328. The molecule has 2 N–H and O–H groups in total. The Bertz CT molecular complexity index is 199. The molecule has 0 aromatic heterocycles. The van der Waals surface area contributed by atoms with Crippen LogP contribution in [0.4, 0.5) is 0 Å². The molecule has 0 saturated heterocycles. The van der Waals surface area contributed by atoms with Crippen LogP contribution in [-0.4, -0.2) is 24.2 Å². The van der Waals surface area contributed by atoms with Gasteiger partial charge in [-0.1, -0.05) is 20.3 Å². The van der Waals surface area contributed by atoms with Gasteiger partial charge in [0.05, 0.1) is 6.61 Å². The van der Waals surface area contributed by atoms with E-state index < -0.39 is 0 Å². The summed E-state index contributed by atoms with van der Waals surface area (Å²) in [6, 6.07) is 0. The summed E-state index contributed by atoms with van der Waals surface area (Å²) in [7, 11) is 0. The van der Waals surface area contributed by atoms with Gasteiger partial charge in [-0.3, -0.25) is 4.79 Å². The molecule has 1 unspecified atom stereocenters. The fourth-order valence-electron chi connectivity index (χ4n) is 1.39. The van der Waals surface area contributed by atoms with E-state index in [0.717, 1.165) is 19.3 Å². The van der Waals surface area contributed by atoms with Crippen molar-refractivity contribution in [2.75, 3.05) is 13.2 Å². The summed E-state index contributed by atoms with van der Waals surface area (Å²) in [6.07, 6.45) is 3.75. The third-order valence-corrected chi connectivity index (χ3v) is 3.18. The lowest BCUT2D eigenvalue weighted by molar-refractivity contribution is -0.122. The number of hydrogen-bond donors (Lipinski definition) is 2. The molecule has 0 aromatic rings. The van der Waals surface area contributed by atoms with E-state index >= 15 is 0 Å². The maximum Gasteiger partial charge on any atom is 0.220 e. The van der Waals surface area contributed by atoms with E-state index in [4.69, 9.17) is 5.11 Å². The van der Waals surface area contributed by atoms with Crippen molar-refractivity contribution in [2.45, 2.75) is 39.5 Å². The lowest BCUT2D eigenvalue weighted by Gasteiger charge is -2.14. The maximum absolute atomic E-state index is 11.4. The lowest BCUT2D eigenvalue weighted by Crippen LogP contribution is -2.32. The quantitative estimate of drug-likeness (QED) is 0.677. The topological polar surface area (TPSA) is 49.3 Å². The van der Waals surface area contributed by atoms with Gasteiger partial charge >= 0.3 is 0 Å². The molecule has 14 heavy (non-hydrogen) atoms. The monoisotopic (exact) mass is 199 g/mol. The minimum Gasteiger partial charge on any atom is -0.396 e. The Balaban J connectivity index is 2.15.